The number of hydrogen-bond donors (Lipinski definition) is 1. The number of amides is 1. The van der Waals surface area contributed by atoms with Crippen LogP contribution in [0.3, 0.4) is 0 Å². The molecule has 0 fully saturated rings. The summed E-state index contributed by atoms with van der Waals surface area (Å²) in [5.74, 6) is -0.367. The quantitative estimate of drug-likeness (QED) is 0.888. The van der Waals surface area contributed by atoms with E-state index in [1.165, 1.54) is 6.07 Å². The molecule has 0 aliphatic rings. The summed E-state index contributed by atoms with van der Waals surface area (Å²) in [5.41, 5.74) is 1.38. The molecule has 1 aromatic rings. The van der Waals surface area contributed by atoms with E-state index in [2.05, 4.69) is 11.9 Å². The normalized spacial score (nSPS) is 12.7. The van der Waals surface area contributed by atoms with Gasteiger partial charge in [0.15, 0.2) is 0 Å². The highest BCUT2D eigenvalue weighted by Gasteiger charge is 2.19. The Morgan fingerprint density at radius 3 is 2.45 bits per heavy atom. The molecule has 0 aromatic heterocycles. The number of halogens is 1. The summed E-state index contributed by atoms with van der Waals surface area (Å²) < 4.78 is 19.2. The molecule has 1 atom stereocenters. The number of carbonyl (C=O) groups is 1. The van der Waals surface area contributed by atoms with E-state index < -0.39 is 17.7 Å². The van der Waals surface area contributed by atoms with E-state index in [0.717, 1.165) is 11.1 Å². The van der Waals surface area contributed by atoms with Crippen LogP contribution in [0.5, 0.6) is 0 Å². The second kappa shape index (κ2) is 6.07. The third kappa shape index (κ3) is 4.68. The van der Waals surface area contributed by atoms with Crippen LogP contribution in [0.1, 0.15) is 51.8 Å². The van der Waals surface area contributed by atoms with E-state index in [-0.39, 0.29) is 5.82 Å². The van der Waals surface area contributed by atoms with Gasteiger partial charge in [0.25, 0.3) is 0 Å². The van der Waals surface area contributed by atoms with Gasteiger partial charge in [-0.2, -0.15) is 0 Å². The number of benzene rings is 1. The molecular weight excluding hydrogens is 257 g/mol. The molecule has 0 aliphatic carbocycles. The van der Waals surface area contributed by atoms with Gasteiger partial charge in [0.05, 0.1) is 6.04 Å². The van der Waals surface area contributed by atoms with Gasteiger partial charge in [0, 0.05) is 5.56 Å². The molecule has 110 valence electrons. The van der Waals surface area contributed by atoms with E-state index in [1.54, 1.807) is 39.8 Å². The fourth-order valence-corrected chi connectivity index (χ4v) is 1.71. The molecule has 4 heteroatoms. The average Bonchev–Trinajstić information content (AvgIpc) is 2.25. The number of alkyl carbamates (subject to hydrolysis) is 1. The SMILES string of the molecule is C=C(C)c1ccc([C@H](C)NC(=O)OC(C)(C)C)c(F)c1. The summed E-state index contributed by atoms with van der Waals surface area (Å²) in [7, 11) is 0. The molecule has 0 spiro atoms. The van der Waals surface area contributed by atoms with Crippen molar-refractivity contribution in [2.45, 2.75) is 46.3 Å². The molecule has 0 saturated heterocycles. The van der Waals surface area contributed by atoms with Crippen molar-refractivity contribution in [1.29, 1.82) is 0 Å². The Labute approximate surface area is 119 Å². The van der Waals surface area contributed by atoms with E-state index in [0.29, 0.717) is 5.56 Å². The first-order valence-electron chi connectivity index (χ1n) is 6.55. The second-order valence-electron chi connectivity index (χ2n) is 5.88. The first kappa shape index (κ1) is 16.2. The number of allylic oxidation sites excluding steroid dienone is 1. The Hall–Kier alpha value is -1.84. The number of rotatable bonds is 3. The summed E-state index contributed by atoms with van der Waals surface area (Å²) in [4.78, 5) is 11.7. The molecule has 0 saturated carbocycles. The Morgan fingerprint density at radius 1 is 1.40 bits per heavy atom. The zero-order valence-electron chi connectivity index (χ0n) is 12.7. The molecule has 3 nitrogen and oxygen atoms in total. The monoisotopic (exact) mass is 279 g/mol. The van der Waals surface area contributed by atoms with Crippen LogP contribution in [0.4, 0.5) is 9.18 Å². The lowest BCUT2D eigenvalue weighted by Crippen LogP contribution is -2.34. The number of nitrogens with one attached hydrogen (secondary N) is 1. The van der Waals surface area contributed by atoms with Crippen LogP contribution in [-0.2, 0) is 4.74 Å². The number of hydrogen-bond acceptors (Lipinski definition) is 2. The molecule has 0 unspecified atom stereocenters. The summed E-state index contributed by atoms with van der Waals surface area (Å²) in [6.07, 6.45) is -0.562. The lowest BCUT2D eigenvalue weighted by molar-refractivity contribution is 0.0507. The van der Waals surface area contributed by atoms with Crippen molar-refractivity contribution in [1.82, 2.24) is 5.32 Å². The maximum absolute atomic E-state index is 14.0. The van der Waals surface area contributed by atoms with E-state index in [9.17, 15) is 9.18 Å². The molecule has 20 heavy (non-hydrogen) atoms. The lowest BCUT2D eigenvalue weighted by Gasteiger charge is -2.22. The van der Waals surface area contributed by atoms with Crippen molar-refractivity contribution in [2.75, 3.05) is 0 Å². The van der Waals surface area contributed by atoms with E-state index >= 15 is 0 Å². The van der Waals surface area contributed by atoms with Crippen LogP contribution in [0, 0.1) is 5.82 Å². The lowest BCUT2D eigenvalue weighted by atomic mass is 10.0. The molecule has 1 rings (SSSR count). The van der Waals surface area contributed by atoms with Gasteiger partial charge < -0.3 is 10.1 Å². The van der Waals surface area contributed by atoms with E-state index in [4.69, 9.17) is 4.74 Å². The Kier molecular flexibility index (Phi) is 4.93. The zero-order chi connectivity index (χ0) is 15.5. The standard InChI is InChI=1S/C16H22FNO2/c1-10(2)12-7-8-13(14(17)9-12)11(3)18-15(19)20-16(4,5)6/h7-9,11H,1H2,2-6H3,(H,18,19)/t11-/m0/s1. The second-order valence-corrected chi connectivity index (χ2v) is 5.88. The van der Waals surface area contributed by atoms with Crippen molar-refractivity contribution in [2.24, 2.45) is 0 Å². The molecule has 0 heterocycles. The first-order chi connectivity index (χ1) is 9.10. The fourth-order valence-electron chi connectivity index (χ4n) is 1.71. The van der Waals surface area contributed by atoms with Crippen molar-refractivity contribution >= 4 is 11.7 Å². The Bertz CT molecular complexity index is 518. The Balaban J connectivity index is 2.80. The fraction of sp³-hybridized carbons (Fsp3) is 0.438. The van der Waals surface area contributed by atoms with Crippen molar-refractivity contribution in [3.63, 3.8) is 0 Å². The third-order valence-corrected chi connectivity index (χ3v) is 2.69. The summed E-state index contributed by atoms with van der Waals surface area (Å²) in [5, 5.41) is 2.62. The highest BCUT2D eigenvalue weighted by Crippen LogP contribution is 2.21. The van der Waals surface area contributed by atoms with Gasteiger partial charge in [0.2, 0.25) is 0 Å². The predicted molar refractivity (Wildman–Crippen MR) is 78.9 cm³/mol. The molecular formula is C16H22FNO2. The molecule has 0 bridgehead atoms. The largest absolute Gasteiger partial charge is 0.444 e. The molecule has 0 radical (unpaired) electrons. The summed E-state index contributed by atoms with van der Waals surface area (Å²) >= 11 is 0. The number of carbonyl (C=O) groups excluding carboxylic acids is 1. The topological polar surface area (TPSA) is 38.3 Å². The first-order valence-corrected chi connectivity index (χ1v) is 6.55. The smallest absolute Gasteiger partial charge is 0.408 e. The van der Waals surface area contributed by atoms with Gasteiger partial charge in [-0.1, -0.05) is 24.3 Å². The van der Waals surface area contributed by atoms with Crippen LogP contribution in [-0.4, -0.2) is 11.7 Å². The molecule has 1 aromatic carbocycles. The maximum Gasteiger partial charge on any atom is 0.408 e. The average molecular weight is 279 g/mol. The highest BCUT2D eigenvalue weighted by atomic mass is 19.1. The van der Waals surface area contributed by atoms with Crippen molar-refractivity contribution < 1.29 is 13.9 Å². The number of ether oxygens (including phenoxy) is 1. The summed E-state index contributed by atoms with van der Waals surface area (Å²) in [6, 6.07) is 4.39. The van der Waals surface area contributed by atoms with Crippen molar-refractivity contribution in [3.8, 4) is 0 Å². The van der Waals surface area contributed by atoms with Gasteiger partial charge in [-0.05, 0) is 46.2 Å². The maximum atomic E-state index is 14.0. The van der Waals surface area contributed by atoms with Gasteiger partial charge in [-0.3, -0.25) is 0 Å². The third-order valence-electron chi connectivity index (χ3n) is 2.69. The van der Waals surface area contributed by atoms with Crippen LogP contribution < -0.4 is 5.32 Å². The van der Waals surface area contributed by atoms with Crippen LogP contribution in [0.25, 0.3) is 5.57 Å². The highest BCUT2D eigenvalue weighted by molar-refractivity contribution is 5.68. The van der Waals surface area contributed by atoms with Gasteiger partial charge in [-0.25, -0.2) is 9.18 Å². The zero-order valence-corrected chi connectivity index (χ0v) is 12.7. The summed E-state index contributed by atoms with van der Waals surface area (Å²) in [6.45, 7) is 12.6. The van der Waals surface area contributed by atoms with Crippen LogP contribution >= 0.6 is 0 Å². The molecule has 1 N–H and O–H groups in total. The minimum absolute atomic E-state index is 0.367. The van der Waals surface area contributed by atoms with Gasteiger partial charge >= 0.3 is 6.09 Å². The molecule has 1 amide bonds. The molecule has 0 aliphatic heterocycles. The van der Waals surface area contributed by atoms with Crippen LogP contribution in [0.15, 0.2) is 24.8 Å². The predicted octanol–water partition coefficient (Wildman–Crippen LogP) is 4.44. The Morgan fingerprint density at radius 2 is 2.00 bits per heavy atom. The van der Waals surface area contributed by atoms with Crippen LogP contribution in [0.2, 0.25) is 0 Å². The van der Waals surface area contributed by atoms with E-state index in [1.807, 2.05) is 6.92 Å². The van der Waals surface area contributed by atoms with Crippen molar-refractivity contribution in [3.05, 3.63) is 41.7 Å². The van der Waals surface area contributed by atoms with Gasteiger partial charge in [0.1, 0.15) is 11.4 Å². The minimum atomic E-state index is -0.577. The minimum Gasteiger partial charge on any atom is -0.444 e. The van der Waals surface area contributed by atoms with Gasteiger partial charge in [-0.15, -0.1) is 0 Å².